The molecular formula is C25H35NO. The lowest BCUT2D eigenvalue weighted by Crippen LogP contribution is -1.96. The van der Waals surface area contributed by atoms with Gasteiger partial charge in [-0.05, 0) is 66.8 Å². The predicted octanol–water partition coefficient (Wildman–Crippen LogP) is 7.52. The Morgan fingerprint density at radius 3 is 2.11 bits per heavy atom. The molecule has 0 atom stereocenters. The summed E-state index contributed by atoms with van der Waals surface area (Å²) in [5, 5.41) is 0. The van der Waals surface area contributed by atoms with Crippen molar-refractivity contribution < 1.29 is 4.74 Å². The number of benzene rings is 2. The molecule has 0 unspecified atom stereocenters. The maximum absolute atomic E-state index is 5.69. The third kappa shape index (κ3) is 8.90. The minimum Gasteiger partial charge on any atom is -0.494 e. The molecule has 0 aliphatic rings. The second kappa shape index (κ2) is 13.1. The largest absolute Gasteiger partial charge is 0.494 e. The fraction of sp³-hybridized carbons (Fsp3) is 0.480. The number of hydrogen-bond donors (Lipinski definition) is 0. The van der Waals surface area contributed by atoms with E-state index in [0.29, 0.717) is 0 Å². The zero-order chi connectivity index (χ0) is 19.2. The van der Waals surface area contributed by atoms with E-state index in [2.05, 4.69) is 55.2 Å². The van der Waals surface area contributed by atoms with Crippen molar-refractivity contribution in [2.45, 2.75) is 71.6 Å². The molecule has 0 aromatic heterocycles. The van der Waals surface area contributed by atoms with Crippen LogP contribution in [0.5, 0.6) is 5.75 Å². The van der Waals surface area contributed by atoms with Gasteiger partial charge in [-0.15, -0.1) is 0 Å². The molecule has 2 aromatic rings. The molecule has 2 heteroatoms. The number of aliphatic imine (C=N–C) groups is 1. The molecule has 0 saturated carbocycles. The van der Waals surface area contributed by atoms with Gasteiger partial charge in [-0.3, -0.25) is 4.99 Å². The summed E-state index contributed by atoms with van der Waals surface area (Å²) in [5.74, 6) is 0.930. The van der Waals surface area contributed by atoms with Crippen LogP contribution in [0.1, 0.15) is 76.3 Å². The molecule has 27 heavy (non-hydrogen) atoms. The summed E-state index contributed by atoms with van der Waals surface area (Å²) in [6, 6.07) is 16.8. The van der Waals surface area contributed by atoms with Gasteiger partial charge < -0.3 is 4.74 Å². The highest BCUT2D eigenvalue weighted by Crippen LogP contribution is 2.17. The average Bonchev–Trinajstić information content (AvgIpc) is 2.71. The molecule has 0 amide bonds. The van der Waals surface area contributed by atoms with Crippen LogP contribution < -0.4 is 4.74 Å². The van der Waals surface area contributed by atoms with E-state index in [1.54, 1.807) is 0 Å². The Morgan fingerprint density at radius 2 is 1.41 bits per heavy atom. The normalized spacial score (nSPS) is 11.2. The maximum atomic E-state index is 5.69. The van der Waals surface area contributed by atoms with Crippen LogP contribution in [-0.4, -0.2) is 12.8 Å². The van der Waals surface area contributed by atoms with Crippen LogP contribution in [0.15, 0.2) is 53.5 Å². The van der Waals surface area contributed by atoms with Crippen molar-refractivity contribution in [3.63, 3.8) is 0 Å². The highest BCUT2D eigenvalue weighted by molar-refractivity contribution is 5.82. The molecule has 0 radical (unpaired) electrons. The topological polar surface area (TPSA) is 21.6 Å². The zero-order valence-corrected chi connectivity index (χ0v) is 17.1. The highest BCUT2D eigenvalue weighted by Gasteiger charge is 1.96. The van der Waals surface area contributed by atoms with E-state index in [1.165, 1.54) is 50.5 Å². The van der Waals surface area contributed by atoms with Crippen LogP contribution >= 0.6 is 0 Å². The first-order valence-electron chi connectivity index (χ1n) is 10.7. The van der Waals surface area contributed by atoms with E-state index in [0.717, 1.165) is 36.4 Å². The van der Waals surface area contributed by atoms with E-state index in [1.807, 2.05) is 18.3 Å². The summed E-state index contributed by atoms with van der Waals surface area (Å²) in [6.45, 7) is 5.22. The van der Waals surface area contributed by atoms with Crippen LogP contribution in [0, 0.1) is 0 Å². The quantitative estimate of drug-likeness (QED) is 0.266. The number of nitrogens with zero attached hydrogens (tertiary/aromatic N) is 1. The van der Waals surface area contributed by atoms with Gasteiger partial charge in [-0.25, -0.2) is 0 Å². The fourth-order valence-corrected chi connectivity index (χ4v) is 2.99. The lowest BCUT2D eigenvalue weighted by atomic mass is 10.0. The van der Waals surface area contributed by atoms with Gasteiger partial charge in [0.2, 0.25) is 0 Å². The second-order valence-electron chi connectivity index (χ2n) is 7.21. The number of ether oxygens (including phenoxy) is 1. The molecule has 0 heterocycles. The van der Waals surface area contributed by atoms with Crippen LogP contribution in [0.3, 0.4) is 0 Å². The van der Waals surface area contributed by atoms with Crippen LogP contribution in [0.25, 0.3) is 0 Å². The lowest BCUT2D eigenvalue weighted by Gasteiger charge is -2.05. The van der Waals surface area contributed by atoms with Crippen molar-refractivity contribution in [1.29, 1.82) is 0 Å². The Bertz CT molecular complexity index is 643. The molecular weight excluding hydrogens is 330 g/mol. The Hall–Kier alpha value is -2.09. The molecule has 2 rings (SSSR count). The summed E-state index contributed by atoms with van der Waals surface area (Å²) >= 11 is 0. The van der Waals surface area contributed by atoms with E-state index >= 15 is 0 Å². The maximum Gasteiger partial charge on any atom is 0.119 e. The van der Waals surface area contributed by atoms with Crippen LogP contribution in [0.2, 0.25) is 0 Å². The molecule has 0 N–H and O–H groups in total. The molecule has 0 saturated heterocycles. The number of rotatable bonds is 13. The van der Waals surface area contributed by atoms with Gasteiger partial charge in [0.05, 0.1) is 12.3 Å². The lowest BCUT2D eigenvalue weighted by molar-refractivity contribution is 0.309. The van der Waals surface area contributed by atoms with Crippen LogP contribution in [-0.2, 0) is 6.42 Å². The number of hydrogen-bond acceptors (Lipinski definition) is 2. The zero-order valence-electron chi connectivity index (χ0n) is 17.1. The van der Waals surface area contributed by atoms with E-state index in [-0.39, 0.29) is 0 Å². The van der Waals surface area contributed by atoms with Crippen molar-refractivity contribution in [2.75, 3.05) is 6.61 Å². The molecule has 2 nitrogen and oxygen atoms in total. The van der Waals surface area contributed by atoms with Crippen molar-refractivity contribution >= 4 is 11.9 Å². The van der Waals surface area contributed by atoms with Crippen LogP contribution in [0.4, 0.5) is 5.69 Å². The monoisotopic (exact) mass is 365 g/mol. The molecule has 0 aliphatic carbocycles. The summed E-state index contributed by atoms with van der Waals surface area (Å²) in [4.78, 5) is 4.59. The van der Waals surface area contributed by atoms with Gasteiger partial charge in [0.25, 0.3) is 0 Å². The molecule has 0 aliphatic heterocycles. The third-order valence-electron chi connectivity index (χ3n) is 4.76. The smallest absolute Gasteiger partial charge is 0.119 e. The Labute approximate surface area is 165 Å². The van der Waals surface area contributed by atoms with Gasteiger partial charge >= 0.3 is 0 Å². The first-order chi connectivity index (χ1) is 13.3. The Morgan fingerprint density at radius 1 is 0.741 bits per heavy atom. The second-order valence-corrected chi connectivity index (χ2v) is 7.21. The molecule has 2 aromatic carbocycles. The predicted molar refractivity (Wildman–Crippen MR) is 118 cm³/mol. The molecule has 0 fully saturated rings. The summed E-state index contributed by atoms with van der Waals surface area (Å²) < 4.78 is 5.69. The first kappa shape index (κ1) is 21.2. The van der Waals surface area contributed by atoms with E-state index < -0.39 is 0 Å². The van der Waals surface area contributed by atoms with Gasteiger partial charge in [0, 0.05) is 6.21 Å². The minimum atomic E-state index is 0.787. The summed E-state index contributed by atoms with van der Waals surface area (Å²) in [5.41, 5.74) is 3.51. The molecule has 0 bridgehead atoms. The van der Waals surface area contributed by atoms with Crippen molar-refractivity contribution in [2.24, 2.45) is 4.99 Å². The van der Waals surface area contributed by atoms with Gasteiger partial charge in [0.1, 0.15) is 5.75 Å². The highest BCUT2D eigenvalue weighted by atomic mass is 16.5. The third-order valence-corrected chi connectivity index (χ3v) is 4.76. The average molecular weight is 366 g/mol. The van der Waals surface area contributed by atoms with Crippen molar-refractivity contribution in [1.82, 2.24) is 0 Å². The van der Waals surface area contributed by atoms with E-state index in [9.17, 15) is 0 Å². The summed E-state index contributed by atoms with van der Waals surface area (Å²) in [6.07, 6.45) is 13.4. The fourth-order valence-electron chi connectivity index (χ4n) is 2.99. The first-order valence-corrected chi connectivity index (χ1v) is 10.7. The number of unbranched alkanes of at least 4 members (excludes halogenated alkanes) is 6. The minimum absolute atomic E-state index is 0.787. The number of aryl methyl sites for hydroxylation is 1. The molecule has 0 spiro atoms. The molecule has 146 valence electrons. The van der Waals surface area contributed by atoms with Gasteiger partial charge in [-0.2, -0.15) is 0 Å². The Kier molecular flexibility index (Phi) is 10.3. The van der Waals surface area contributed by atoms with Gasteiger partial charge in [0.15, 0.2) is 0 Å². The van der Waals surface area contributed by atoms with Gasteiger partial charge in [-0.1, -0.05) is 64.5 Å². The Balaban J connectivity index is 1.74. The standard InChI is InChI=1S/C25H35NO/c1-3-5-7-8-9-10-11-22-12-16-24(17-13-22)26-21-23-14-18-25(19-15-23)27-20-6-4-2/h12-19,21H,3-11,20H2,1-2H3/b26-21-. The summed E-state index contributed by atoms with van der Waals surface area (Å²) in [7, 11) is 0. The van der Waals surface area contributed by atoms with Crippen molar-refractivity contribution in [3.05, 3.63) is 59.7 Å². The SMILES string of the molecule is CCCCCCCCc1ccc(/N=C\c2ccc(OCCCC)cc2)cc1. The van der Waals surface area contributed by atoms with E-state index in [4.69, 9.17) is 4.74 Å². The van der Waals surface area contributed by atoms with Crippen molar-refractivity contribution in [3.8, 4) is 5.75 Å².